The van der Waals surface area contributed by atoms with E-state index >= 15 is 0 Å². The fraction of sp³-hybridized carbons (Fsp3) is 0.0625. The van der Waals surface area contributed by atoms with Gasteiger partial charge in [-0.15, -0.1) is 0 Å². The topological polar surface area (TPSA) is 8.17 Å². The monoisotopic (exact) mass is 840 g/mol. The second-order valence-corrected chi connectivity index (χ2v) is 18.4. The Bertz CT molecular complexity index is 3690. The van der Waals surface area contributed by atoms with E-state index < -0.39 is 0 Å². The first-order chi connectivity index (χ1) is 32.7. The lowest BCUT2D eigenvalue weighted by atomic mass is 9.71. The van der Waals surface area contributed by atoms with Crippen LogP contribution >= 0.6 is 0 Å². The van der Waals surface area contributed by atoms with E-state index in [1.807, 2.05) is 0 Å². The summed E-state index contributed by atoms with van der Waals surface area (Å²) in [6, 6.07) is 74.7. The lowest BCUT2D eigenvalue weighted by Crippen LogP contribution is -2.51. The summed E-state index contributed by atoms with van der Waals surface area (Å²) < 4.78 is 2.55. The van der Waals surface area contributed by atoms with Gasteiger partial charge in [-0.2, -0.15) is 0 Å². The van der Waals surface area contributed by atoms with Crippen molar-refractivity contribution >= 4 is 44.8 Å². The van der Waals surface area contributed by atoms with Crippen LogP contribution in [-0.4, -0.2) is 4.57 Å². The second kappa shape index (κ2) is 14.4. The van der Waals surface area contributed by atoms with Gasteiger partial charge in [-0.25, -0.2) is 0 Å². The molecule has 0 bridgehead atoms. The van der Waals surface area contributed by atoms with Crippen molar-refractivity contribution in [1.82, 2.24) is 4.57 Å². The average molecular weight is 841 g/mol. The van der Waals surface area contributed by atoms with E-state index in [2.05, 4.69) is 240 Å². The Hall–Kier alpha value is -8.20. The fourth-order valence-electron chi connectivity index (χ4n) is 11.6. The molecule has 10 aromatic rings. The Morgan fingerprint density at radius 1 is 0.424 bits per heavy atom. The number of para-hydroxylation sites is 2. The van der Waals surface area contributed by atoms with Crippen LogP contribution in [0.25, 0.3) is 94.8 Å². The third-order valence-electron chi connectivity index (χ3n) is 14.8. The van der Waals surface area contributed by atoms with Crippen LogP contribution in [0, 0.1) is 0 Å². The highest BCUT2D eigenvalue weighted by atomic mass is 15.3. The Kier molecular flexibility index (Phi) is 8.12. The summed E-state index contributed by atoms with van der Waals surface area (Å²) >= 11 is 0. The molecule has 0 radical (unpaired) electrons. The minimum absolute atomic E-state index is 0.265. The fourth-order valence-corrected chi connectivity index (χ4v) is 11.6. The van der Waals surface area contributed by atoms with Crippen molar-refractivity contribution in [2.45, 2.75) is 24.8 Å². The van der Waals surface area contributed by atoms with Gasteiger partial charge in [0, 0.05) is 38.8 Å². The zero-order valence-corrected chi connectivity index (χ0v) is 36.5. The zero-order valence-electron chi connectivity index (χ0n) is 36.5. The number of aryl methyl sites for hydroxylation is 1. The first-order valence-electron chi connectivity index (χ1n) is 23.4. The van der Waals surface area contributed by atoms with Gasteiger partial charge in [-0.05, 0) is 141 Å². The number of hydrogen-bond acceptors (Lipinski definition) is 1. The zero-order chi connectivity index (χ0) is 43.3. The molecule has 4 aliphatic rings. The standard InChI is InChI=1S/C64H44N2/c1-2-13-42(14-3-1)43-24-26-44(27-25-43)45-32-34-52(35-33-45)66-61-23-11-9-21-59(61)64(66)36-12-17-50(41-64)46-28-30-47(31-29-46)51-38-57-54-19-7-6-18-53(54)56-37-48-15-4-5-16-49(48)40-62(56)65-60-22-10-8-20-55(60)58(39-51)63(57)65/h1-3,5-14,16-35,37-41H,4,15,36H2. The van der Waals surface area contributed by atoms with Crippen molar-refractivity contribution in [1.29, 1.82) is 0 Å². The summed E-state index contributed by atoms with van der Waals surface area (Å²) in [5.41, 5.74) is 25.2. The largest absolute Gasteiger partial charge is 0.327 e. The minimum Gasteiger partial charge on any atom is -0.327 e. The van der Waals surface area contributed by atoms with Crippen molar-refractivity contribution in [2.75, 3.05) is 4.90 Å². The summed E-state index contributed by atoms with van der Waals surface area (Å²) in [7, 11) is 0. The number of allylic oxidation sites excluding steroid dienone is 3. The first-order valence-corrected chi connectivity index (χ1v) is 23.4. The van der Waals surface area contributed by atoms with E-state index in [0.717, 1.165) is 19.3 Å². The molecule has 14 rings (SSSR count). The Balaban J connectivity index is 0.829. The Labute approximate surface area is 385 Å². The minimum atomic E-state index is -0.265. The Morgan fingerprint density at radius 2 is 1.06 bits per heavy atom. The number of fused-ring (bicyclic) bond motifs is 11. The van der Waals surface area contributed by atoms with Gasteiger partial charge in [0.1, 0.15) is 0 Å². The maximum Gasteiger partial charge on any atom is 0.0949 e. The van der Waals surface area contributed by atoms with Gasteiger partial charge in [0.2, 0.25) is 0 Å². The molecule has 0 saturated carbocycles. The van der Waals surface area contributed by atoms with Gasteiger partial charge in [-0.3, -0.25) is 0 Å². The van der Waals surface area contributed by atoms with Gasteiger partial charge in [0.25, 0.3) is 0 Å². The van der Waals surface area contributed by atoms with Crippen LogP contribution in [0.1, 0.15) is 35.1 Å². The third-order valence-corrected chi connectivity index (χ3v) is 14.8. The molecule has 1 spiro atoms. The van der Waals surface area contributed by atoms with Crippen LogP contribution in [-0.2, 0) is 12.0 Å². The van der Waals surface area contributed by atoms with Crippen LogP contribution in [0.4, 0.5) is 11.4 Å². The number of aromatic nitrogens is 1. The normalized spacial score (nSPS) is 16.3. The molecule has 2 aliphatic carbocycles. The molecule has 2 aliphatic heterocycles. The first kappa shape index (κ1) is 37.2. The molecular weight excluding hydrogens is 797 g/mol. The van der Waals surface area contributed by atoms with Gasteiger partial charge in [-0.1, -0.05) is 176 Å². The maximum absolute atomic E-state index is 2.55. The molecule has 3 heterocycles. The van der Waals surface area contributed by atoms with Crippen LogP contribution in [0.2, 0.25) is 0 Å². The molecule has 1 aromatic heterocycles. The van der Waals surface area contributed by atoms with Crippen molar-refractivity contribution in [2.24, 2.45) is 0 Å². The quantitative estimate of drug-likeness (QED) is 0.168. The lowest BCUT2D eigenvalue weighted by molar-refractivity contribution is 0.499. The molecule has 9 aromatic carbocycles. The summed E-state index contributed by atoms with van der Waals surface area (Å²) in [6.07, 6.45) is 14.9. The van der Waals surface area contributed by atoms with E-state index in [1.165, 1.54) is 122 Å². The molecule has 1 unspecified atom stereocenters. The van der Waals surface area contributed by atoms with Crippen LogP contribution in [0.3, 0.4) is 0 Å². The van der Waals surface area contributed by atoms with Crippen molar-refractivity contribution < 1.29 is 0 Å². The molecule has 66 heavy (non-hydrogen) atoms. The lowest BCUT2D eigenvalue weighted by Gasteiger charge is -2.54. The molecule has 1 atom stereocenters. The van der Waals surface area contributed by atoms with Crippen molar-refractivity contribution in [3.63, 3.8) is 0 Å². The summed E-state index contributed by atoms with van der Waals surface area (Å²) in [5, 5.41) is 2.57. The maximum atomic E-state index is 2.55. The third kappa shape index (κ3) is 5.55. The predicted octanol–water partition coefficient (Wildman–Crippen LogP) is 16.8. The number of anilines is 2. The highest BCUT2D eigenvalue weighted by molar-refractivity contribution is 6.18. The Morgan fingerprint density at radius 3 is 1.85 bits per heavy atom. The highest BCUT2D eigenvalue weighted by Gasteiger charge is 2.49. The smallest absolute Gasteiger partial charge is 0.0949 e. The van der Waals surface area contributed by atoms with Gasteiger partial charge in [0.15, 0.2) is 0 Å². The van der Waals surface area contributed by atoms with E-state index in [9.17, 15) is 0 Å². The number of benzene rings is 9. The van der Waals surface area contributed by atoms with Gasteiger partial charge >= 0.3 is 0 Å². The average Bonchev–Trinajstić information content (AvgIpc) is 3.67. The van der Waals surface area contributed by atoms with Crippen molar-refractivity contribution in [3.05, 3.63) is 247 Å². The van der Waals surface area contributed by atoms with E-state index in [-0.39, 0.29) is 5.54 Å². The van der Waals surface area contributed by atoms with Crippen LogP contribution in [0.5, 0.6) is 0 Å². The highest BCUT2D eigenvalue weighted by Crippen LogP contribution is 2.57. The summed E-state index contributed by atoms with van der Waals surface area (Å²) in [6.45, 7) is 0. The molecular formula is C64H44N2. The molecule has 2 nitrogen and oxygen atoms in total. The molecule has 0 fully saturated rings. The summed E-state index contributed by atoms with van der Waals surface area (Å²) in [5.74, 6) is 0. The number of nitrogens with zero attached hydrogens (tertiary/aromatic N) is 2. The van der Waals surface area contributed by atoms with E-state index in [1.54, 1.807) is 0 Å². The summed E-state index contributed by atoms with van der Waals surface area (Å²) in [4.78, 5) is 2.55. The van der Waals surface area contributed by atoms with Crippen LogP contribution < -0.4 is 4.90 Å². The van der Waals surface area contributed by atoms with Gasteiger partial charge in [0.05, 0.1) is 22.3 Å². The molecule has 2 heteroatoms. The van der Waals surface area contributed by atoms with Crippen LogP contribution in [0.15, 0.2) is 224 Å². The molecule has 0 amide bonds. The predicted molar refractivity (Wildman–Crippen MR) is 277 cm³/mol. The molecule has 0 saturated heterocycles. The van der Waals surface area contributed by atoms with E-state index in [0.29, 0.717) is 0 Å². The number of hydrogen-bond donors (Lipinski definition) is 0. The molecule has 310 valence electrons. The number of rotatable bonds is 5. The second-order valence-electron chi connectivity index (χ2n) is 18.4. The molecule has 0 N–H and O–H groups in total. The van der Waals surface area contributed by atoms with E-state index in [4.69, 9.17) is 0 Å². The van der Waals surface area contributed by atoms with Gasteiger partial charge < -0.3 is 9.47 Å². The van der Waals surface area contributed by atoms with Crippen molar-refractivity contribution in [3.8, 4) is 61.3 Å². The SMILES string of the molecule is C1=Cc2cc3c(cc2CC1)-c1ccccc1-c1cc(-c2ccc(C4=CC5(CC=C4)c4ccccc4N5c4ccc(-c5ccc(-c6ccccc6)cc5)cc4)cc2)cc2c4ccccc4n-3c12.